The van der Waals surface area contributed by atoms with Gasteiger partial charge in [0.25, 0.3) is 0 Å². The van der Waals surface area contributed by atoms with Crippen LogP contribution in [0.15, 0.2) is 34.9 Å². The van der Waals surface area contributed by atoms with Crippen LogP contribution in [0, 0.1) is 0 Å². The van der Waals surface area contributed by atoms with E-state index in [0.29, 0.717) is 5.02 Å². The van der Waals surface area contributed by atoms with E-state index in [4.69, 9.17) is 17.3 Å². The molecule has 0 radical (unpaired) electrons. The fourth-order valence-electron chi connectivity index (χ4n) is 1.57. The van der Waals surface area contributed by atoms with Crippen molar-refractivity contribution >= 4 is 27.5 Å². The minimum absolute atomic E-state index is 0.193. The molecule has 16 heavy (non-hydrogen) atoms. The Hall–Kier alpha value is -0.840. The predicted octanol–water partition coefficient (Wildman–Crippen LogP) is 2.88. The van der Waals surface area contributed by atoms with Crippen LogP contribution in [0.25, 0.3) is 0 Å². The lowest BCUT2D eigenvalue weighted by Gasteiger charge is -2.13. The summed E-state index contributed by atoms with van der Waals surface area (Å²) in [6, 6.07) is 7.40. The van der Waals surface area contributed by atoms with Crippen molar-refractivity contribution in [1.82, 2.24) is 9.78 Å². The summed E-state index contributed by atoms with van der Waals surface area (Å²) in [5, 5.41) is 4.78. The summed E-state index contributed by atoms with van der Waals surface area (Å²) >= 11 is 9.32. The molecule has 84 valence electrons. The number of aromatic nitrogens is 2. The van der Waals surface area contributed by atoms with Gasteiger partial charge in [-0.3, -0.25) is 4.68 Å². The Bertz CT molecular complexity index is 510. The number of halogens is 2. The molecule has 0 bridgehead atoms. The normalized spacial score (nSPS) is 12.8. The van der Waals surface area contributed by atoms with Crippen molar-refractivity contribution in [3.8, 4) is 0 Å². The van der Waals surface area contributed by atoms with Crippen LogP contribution in [0.5, 0.6) is 0 Å². The van der Waals surface area contributed by atoms with Crippen molar-refractivity contribution in [3.05, 3.63) is 51.2 Å². The molecule has 1 atom stereocenters. The maximum atomic E-state index is 6.16. The van der Waals surface area contributed by atoms with Crippen LogP contribution in [-0.2, 0) is 7.05 Å². The van der Waals surface area contributed by atoms with Crippen LogP contribution in [0.3, 0.4) is 0 Å². The highest BCUT2D eigenvalue weighted by Gasteiger charge is 2.13. The average Bonchev–Trinajstić information content (AvgIpc) is 2.67. The van der Waals surface area contributed by atoms with Crippen molar-refractivity contribution in [3.63, 3.8) is 0 Å². The summed E-state index contributed by atoms with van der Waals surface area (Å²) in [6.07, 6.45) is 1.74. The minimum atomic E-state index is -0.193. The number of hydrogen-bond acceptors (Lipinski definition) is 2. The molecule has 0 spiro atoms. The lowest BCUT2D eigenvalue weighted by molar-refractivity contribution is 0.673. The van der Waals surface area contributed by atoms with E-state index in [1.54, 1.807) is 10.9 Å². The minimum Gasteiger partial charge on any atom is -0.319 e. The Kier molecular flexibility index (Phi) is 3.33. The Morgan fingerprint density at radius 3 is 2.75 bits per heavy atom. The van der Waals surface area contributed by atoms with Crippen LogP contribution in [0.4, 0.5) is 0 Å². The first-order valence-corrected chi connectivity index (χ1v) is 5.95. The molecular formula is C11H11BrClN3. The van der Waals surface area contributed by atoms with Crippen molar-refractivity contribution in [1.29, 1.82) is 0 Å². The van der Waals surface area contributed by atoms with Gasteiger partial charge in [-0.25, -0.2) is 0 Å². The van der Waals surface area contributed by atoms with Gasteiger partial charge in [0.15, 0.2) is 0 Å². The molecule has 3 nitrogen and oxygen atoms in total. The number of nitrogens with zero attached hydrogens (tertiary/aromatic N) is 2. The third kappa shape index (κ3) is 2.14. The van der Waals surface area contributed by atoms with Gasteiger partial charge in [-0.15, -0.1) is 0 Å². The van der Waals surface area contributed by atoms with E-state index in [1.807, 2.05) is 31.3 Å². The fourth-order valence-corrected chi connectivity index (χ4v) is 2.08. The maximum absolute atomic E-state index is 6.16. The van der Waals surface area contributed by atoms with Gasteiger partial charge in [0.2, 0.25) is 0 Å². The van der Waals surface area contributed by atoms with Crippen molar-refractivity contribution in [2.75, 3.05) is 0 Å². The molecule has 1 aromatic carbocycles. The first-order valence-electron chi connectivity index (χ1n) is 4.78. The van der Waals surface area contributed by atoms with E-state index in [0.717, 1.165) is 15.7 Å². The summed E-state index contributed by atoms with van der Waals surface area (Å²) in [5.41, 5.74) is 8.12. The highest BCUT2D eigenvalue weighted by Crippen LogP contribution is 2.27. The molecule has 0 aliphatic rings. The standard InChI is InChI=1S/C11H11BrClN3/c1-16-10(4-5-15-16)11(14)7-2-3-9(13)8(12)6-7/h2-6,11H,14H2,1H3. The van der Waals surface area contributed by atoms with Gasteiger partial charge < -0.3 is 5.73 Å². The Morgan fingerprint density at radius 2 is 2.19 bits per heavy atom. The van der Waals surface area contributed by atoms with Crippen LogP contribution < -0.4 is 5.73 Å². The van der Waals surface area contributed by atoms with E-state index in [9.17, 15) is 0 Å². The van der Waals surface area contributed by atoms with Gasteiger partial charge in [-0.05, 0) is 39.7 Å². The summed E-state index contributed by atoms with van der Waals surface area (Å²) in [6.45, 7) is 0. The number of nitrogens with two attached hydrogens (primary N) is 1. The molecule has 1 heterocycles. The monoisotopic (exact) mass is 299 g/mol. The molecule has 1 unspecified atom stereocenters. The van der Waals surface area contributed by atoms with Crippen LogP contribution >= 0.6 is 27.5 Å². The van der Waals surface area contributed by atoms with Gasteiger partial charge in [-0.2, -0.15) is 5.10 Å². The van der Waals surface area contributed by atoms with Crippen molar-refractivity contribution < 1.29 is 0 Å². The van der Waals surface area contributed by atoms with Crippen LogP contribution in [-0.4, -0.2) is 9.78 Å². The van der Waals surface area contributed by atoms with Gasteiger partial charge in [0.05, 0.1) is 16.8 Å². The molecule has 2 aromatic rings. The number of hydrogen-bond donors (Lipinski definition) is 1. The first kappa shape index (κ1) is 11.6. The maximum Gasteiger partial charge on any atom is 0.0723 e. The van der Waals surface area contributed by atoms with E-state index in [1.165, 1.54) is 0 Å². The molecule has 0 saturated heterocycles. The molecule has 0 fully saturated rings. The van der Waals surface area contributed by atoms with E-state index in [-0.39, 0.29) is 6.04 Å². The van der Waals surface area contributed by atoms with Crippen molar-refractivity contribution in [2.24, 2.45) is 12.8 Å². The highest BCUT2D eigenvalue weighted by atomic mass is 79.9. The van der Waals surface area contributed by atoms with E-state index < -0.39 is 0 Å². The molecule has 1 aromatic heterocycles. The number of benzene rings is 1. The summed E-state index contributed by atoms with van der Waals surface area (Å²) in [7, 11) is 1.88. The third-order valence-corrected chi connectivity index (χ3v) is 3.69. The zero-order valence-corrected chi connectivity index (χ0v) is 11.0. The summed E-state index contributed by atoms with van der Waals surface area (Å²) in [5.74, 6) is 0. The van der Waals surface area contributed by atoms with Gasteiger partial charge in [0, 0.05) is 17.7 Å². The molecule has 2 N–H and O–H groups in total. The Balaban J connectivity index is 2.38. The molecule has 5 heteroatoms. The van der Waals surface area contributed by atoms with E-state index in [2.05, 4.69) is 21.0 Å². The van der Waals surface area contributed by atoms with Crippen LogP contribution in [0.1, 0.15) is 17.3 Å². The predicted molar refractivity (Wildman–Crippen MR) is 68.4 cm³/mol. The molecular weight excluding hydrogens is 289 g/mol. The third-order valence-electron chi connectivity index (χ3n) is 2.48. The smallest absolute Gasteiger partial charge is 0.0723 e. The van der Waals surface area contributed by atoms with Gasteiger partial charge >= 0.3 is 0 Å². The second-order valence-electron chi connectivity index (χ2n) is 3.53. The quantitative estimate of drug-likeness (QED) is 0.927. The second kappa shape index (κ2) is 4.57. The first-order chi connectivity index (χ1) is 7.59. The Morgan fingerprint density at radius 1 is 1.44 bits per heavy atom. The SMILES string of the molecule is Cn1nccc1C(N)c1ccc(Cl)c(Br)c1. The lowest BCUT2D eigenvalue weighted by Crippen LogP contribution is -2.15. The summed E-state index contributed by atoms with van der Waals surface area (Å²) in [4.78, 5) is 0. The molecule has 0 saturated carbocycles. The molecule has 0 amide bonds. The second-order valence-corrected chi connectivity index (χ2v) is 4.79. The largest absolute Gasteiger partial charge is 0.319 e. The molecule has 2 rings (SSSR count). The molecule has 0 aliphatic heterocycles. The average molecular weight is 301 g/mol. The topological polar surface area (TPSA) is 43.8 Å². The number of aryl methyl sites for hydroxylation is 1. The lowest BCUT2D eigenvalue weighted by atomic mass is 10.1. The van der Waals surface area contributed by atoms with Gasteiger partial charge in [-0.1, -0.05) is 17.7 Å². The Labute approximate surface area is 107 Å². The summed E-state index contributed by atoms with van der Waals surface area (Å²) < 4.78 is 2.62. The highest BCUT2D eigenvalue weighted by molar-refractivity contribution is 9.10. The fraction of sp³-hybridized carbons (Fsp3) is 0.182. The van der Waals surface area contributed by atoms with Crippen molar-refractivity contribution in [2.45, 2.75) is 6.04 Å². The number of rotatable bonds is 2. The van der Waals surface area contributed by atoms with Crippen LogP contribution in [0.2, 0.25) is 5.02 Å². The zero-order chi connectivity index (χ0) is 11.7. The van der Waals surface area contributed by atoms with Gasteiger partial charge in [0.1, 0.15) is 0 Å². The molecule has 0 aliphatic carbocycles. The zero-order valence-electron chi connectivity index (χ0n) is 8.69. The van der Waals surface area contributed by atoms with E-state index >= 15 is 0 Å².